The third-order valence-corrected chi connectivity index (χ3v) is 3.08. The number of aryl methyl sites for hydroxylation is 1. The van der Waals surface area contributed by atoms with E-state index in [0.29, 0.717) is 10.0 Å². The van der Waals surface area contributed by atoms with Crippen molar-refractivity contribution in [1.29, 1.82) is 0 Å². The van der Waals surface area contributed by atoms with E-state index < -0.39 is 12.6 Å². The summed E-state index contributed by atoms with van der Waals surface area (Å²) >= 11 is 3.15. The fourth-order valence-corrected chi connectivity index (χ4v) is 2.00. The van der Waals surface area contributed by atoms with Gasteiger partial charge in [0.15, 0.2) is 0 Å². The summed E-state index contributed by atoms with van der Waals surface area (Å²) in [5.74, 6) is -0.437. The Morgan fingerprint density at radius 3 is 2.65 bits per heavy atom. The summed E-state index contributed by atoms with van der Waals surface area (Å²) in [5.41, 5.74) is 1.37. The van der Waals surface area contributed by atoms with Gasteiger partial charge >= 0.3 is 12.6 Å². The fraction of sp³-hybridized carbons (Fsp3) is 0.364. The van der Waals surface area contributed by atoms with Gasteiger partial charge in [0.05, 0.1) is 18.0 Å². The quantitative estimate of drug-likeness (QED) is 0.802. The second kappa shape index (κ2) is 5.95. The molecule has 1 rings (SSSR count). The Bertz CT molecular complexity index is 421. The molecule has 6 heteroatoms. The van der Waals surface area contributed by atoms with E-state index in [4.69, 9.17) is 0 Å². The Kier molecular flexibility index (Phi) is 4.86. The van der Waals surface area contributed by atoms with Crippen molar-refractivity contribution in [2.75, 3.05) is 7.11 Å². The van der Waals surface area contributed by atoms with Crippen molar-refractivity contribution in [3.8, 4) is 5.75 Å². The first-order valence-electron chi connectivity index (χ1n) is 4.75. The van der Waals surface area contributed by atoms with E-state index in [0.717, 1.165) is 5.56 Å². The number of benzene rings is 1. The van der Waals surface area contributed by atoms with E-state index in [2.05, 4.69) is 25.4 Å². The molecule has 0 unspecified atom stereocenters. The zero-order chi connectivity index (χ0) is 13.0. The van der Waals surface area contributed by atoms with Crippen LogP contribution in [0.3, 0.4) is 0 Å². The molecule has 0 heterocycles. The number of carbonyl (C=O) groups is 1. The van der Waals surface area contributed by atoms with Crippen molar-refractivity contribution in [1.82, 2.24) is 0 Å². The molecule has 0 bridgehead atoms. The van der Waals surface area contributed by atoms with Gasteiger partial charge in [-0.05, 0) is 40.0 Å². The predicted molar refractivity (Wildman–Crippen MR) is 61.2 cm³/mol. The number of methoxy groups -OCH3 is 1. The van der Waals surface area contributed by atoms with Gasteiger partial charge in [-0.1, -0.05) is 6.07 Å². The molecule has 17 heavy (non-hydrogen) atoms. The van der Waals surface area contributed by atoms with E-state index in [1.165, 1.54) is 13.2 Å². The van der Waals surface area contributed by atoms with Gasteiger partial charge in [0.1, 0.15) is 5.75 Å². The molecule has 0 amide bonds. The lowest BCUT2D eigenvalue weighted by atomic mass is 10.1. The molecule has 0 aliphatic rings. The largest absolute Gasteiger partial charge is 0.469 e. The molecule has 0 spiro atoms. The van der Waals surface area contributed by atoms with Crippen molar-refractivity contribution in [3.05, 3.63) is 27.7 Å². The number of carbonyl (C=O) groups excluding carboxylic acids is 1. The maximum Gasteiger partial charge on any atom is 0.387 e. The maximum atomic E-state index is 12.1. The molecular formula is C11H11BrF2O3. The van der Waals surface area contributed by atoms with Gasteiger partial charge in [-0.3, -0.25) is 4.79 Å². The van der Waals surface area contributed by atoms with Gasteiger partial charge in [0.25, 0.3) is 0 Å². The minimum atomic E-state index is -2.90. The predicted octanol–water partition coefficient (Wildman–Crippen LogP) is 3.07. The van der Waals surface area contributed by atoms with Crippen LogP contribution in [-0.4, -0.2) is 19.7 Å². The summed E-state index contributed by atoms with van der Waals surface area (Å²) in [6.45, 7) is -1.13. The molecule has 1 aromatic rings. The van der Waals surface area contributed by atoms with Crippen molar-refractivity contribution in [2.45, 2.75) is 20.0 Å². The van der Waals surface area contributed by atoms with Crippen molar-refractivity contribution in [3.63, 3.8) is 0 Å². The van der Waals surface area contributed by atoms with Crippen molar-refractivity contribution < 1.29 is 23.0 Å². The monoisotopic (exact) mass is 308 g/mol. The molecule has 0 N–H and O–H groups in total. The topological polar surface area (TPSA) is 35.5 Å². The van der Waals surface area contributed by atoms with Crippen LogP contribution < -0.4 is 4.74 Å². The first-order chi connectivity index (χ1) is 7.95. The van der Waals surface area contributed by atoms with E-state index in [-0.39, 0.29) is 12.2 Å². The van der Waals surface area contributed by atoms with E-state index >= 15 is 0 Å². The molecule has 3 nitrogen and oxygen atoms in total. The number of alkyl halides is 2. The molecule has 0 atom stereocenters. The summed E-state index contributed by atoms with van der Waals surface area (Å²) in [4.78, 5) is 11.2. The minimum Gasteiger partial charge on any atom is -0.469 e. The molecule has 0 aromatic heterocycles. The molecule has 0 saturated carbocycles. The lowest BCUT2D eigenvalue weighted by Gasteiger charge is -2.12. The SMILES string of the molecule is COC(=O)Cc1c(C)ccc(OC(F)F)c1Br. The molecule has 1 aromatic carbocycles. The zero-order valence-electron chi connectivity index (χ0n) is 9.30. The Balaban J connectivity index is 3.06. The van der Waals surface area contributed by atoms with E-state index in [1.54, 1.807) is 13.0 Å². The number of ether oxygens (including phenoxy) is 2. The first-order valence-corrected chi connectivity index (χ1v) is 5.54. The van der Waals surface area contributed by atoms with Crippen LogP contribution in [0, 0.1) is 6.92 Å². The second-order valence-corrected chi connectivity index (χ2v) is 4.10. The summed E-state index contributed by atoms with van der Waals surface area (Å²) in [6, 6.07) is 3.03. The van der Waals surface area contributed by atoms with Crippen LogP contribution in [0.5, 0.6) is 5.75 Å². The highest BCUT2D eigenvalue weighted by Gasteiger charge is 2.16. The lowest BCUT2D eigenvalue weighted by Crippen LogP contribution is -2.09. The Hall–Kier alpha value is -1.17. The Morgan fingerprint density at radius 1 is 1.47 bits per heavy atom. The number of rotatable bonds is 4. The van der Waals surface area contributed by atoms with Crippen molar-refractivity contribution >= 4 is 21.9 Å². The summed E-state index contributed by atoms with van der Waals surface area (Å²) in [7, 11) is 1.27. The Morgan fingerprint density at radius 2 is 2.12 bits per heavy atom. The van der Waals surface area contributed by atoms with Crippen LogP contribution in [0.2, 0.25) is 0 Å². The minimum absolute atomic E-state index is 0.00333. The zero-order valence-corrected chi connectivity index (χ0v) is 10.9. The van der Waals surface area contributed by atoms with Crippen LogP contribution in [0.25, 0.3) is 0 Å². The number of hydrogen-bond acceptors (Lipinski definition) is 3. The van der Waals surface area contributed by atoms with Crippen LogP contribution in [0.15, 0.2) is 16.6 Å². The third kappa shape index (κ3) is 3.66. The summed E-state index contributed by atoms with van der Waals surface area (Å²) < 4.78 is 33.5. The highest BCUT2D eigenvalue weighted by atomic mass is 79.9. The van der Waals surface area contributed by atoms with Gasteiger partial charge in [0.2, 0.25) is 0 Å². The van der Waals surface area contributed by atoms with Crippen LogP contribution >= 0.6 is 15.9 Å². The smallest absolute Gasteiger partial charge is 0.387 e. The molecular weight excluding hydrogens is 298 g/mol. The van der Waals surface area contributed by atoms with Gasteiger partial charge in [-0.2, -0.15) is 8.78 Å². The average Bonchev–Trinajstić information content (AvgIpc) is 2.27. The molecule has 0 radical (unpaired) electrons. The van der Waals surface area contributed by atoms with E-state index in [1.807, 2.05) is 0 Å². The van der Waals surface area contributed by atoms with Crippen LogP contribution in [0.1, 0.15) is 11.1 Å². The summed E-state index contributed by atoms with van der Waals surface area (Å²) in [5, 5.41) is 0. The van der Waals surface area contributed by atoms with Crippen LogP contribution in [0.4, 0.5) is 8.78 Å². The normalized spacial score (nSPS) is 10.5. The van der Waals surface area contributed by atoms with E-state index in [9.17, 15) is 13.6 Å². The van der Waals surface area contributed by atoms with Gasteiger partial charge in [-0.15, -0.1) is 0 Å². The number of halogens is 3. The summed E-state index contributed by atoms with van der Waals surface area (Å²) in [6.07, 6.45) is 0.00333. The molecule has 0 fully saturated rings. The van der Waals surface area contributed by atoms with Gasteiger partial charge in [0, 0.05) is 0 Å². The lowest BCUT2D eigenvalue weighted by molar-refractivity contribution is -0.139. The molecule has 94 valence electrons. The number of hydrogen-bond donors (Lipinski definition) is 0. The standard InChI is InChI=1S/C11H11BrF2O3/c1-6-3-4-8(17-11(13)14)10(12)7(6)5-9(15)16-2/h3-4,11H,5H2,1-2H3. The van der Waals surface area contributed by atoms with Crippen LogP contribution in [-0.2, 0) is 16.0 Å². The highest BCUT2D eigenvalue weighted by molar-refractivity contribution is 9.10. The maximum absolute atomic E-state index is 12.1. The average molecular weight is 309 g/mol. The van der Waals surface area contributed by atoms with Gasteiger partial charge in [-0.25, -0.2) is 0 Å². The Labute approximate surface area is 106 Å². The number of esters is 1. The first kappa shape index (κ1) is 13.9. The highest BCUT2D eigenvalue weighted by Crippen LogP contribution is 2.32. The molecule has 0 aliphatic heterocycles. The fourth-order valence-electron chi connectivity index (χ4n) is 1.32. The second-order valence-electron chi connectivity index (χ2n) is 3.30. The van der Waals surface area contributed by atoms with Crippen molar-refractivity contribution in [2.24, 2.45) is 0 Å². The van der Waals surface area contributed by atoms with Gasteiger partial charge < -0.3 is 9.47 Å². The molecule has 0 aliphatic carbocycles. The third-order valence-electron chi connectivity index (χ3n) is 2.21. The molecule has 0 saturated heterocycles.